The first-order chi connectivity index (χ1) is 13.6. The molecule has 0 aliphatic rings. The lowest BCUT2D eigenvalue weighted by Gasteiger charge is -2.15. The third-order valence-electron chi connectivity index (χ3n) is 4.42. The summed E-state index contributed by atoms with van der Waals surface area (Å²) in [7, 11) is -4.06. The highest BCUT2D eigenvalue weighted by Crippen LogP contribution is 2.17. The Hall–Kier alpha value is -2.01. The van der Waals surface area contributed by atoms with Crippen LogP contribution in [0.4, 0.5) is 0 Å². The average molecular weight is 487 g/mol. The van der Waals surface area contributed by atoms with E-state index in [1.165, 1.54) is 24.3 Å². The van der Waals surface area contributed by atoms with Crippen molar-refractivity contribution in [3.05, 3.63) is 51.8 Å². The molecule has 10 heteroatoms. The van der Waals surface area contributed by atoms with Gasteiger partial charge in [-0.15, -0.1) is 0 Å². The number of ketones is 1. The van der Waals surface area contributed by atoms with E-state index in [2.05, 4.69) is 20.7 Å². The third-order valence-corrected chi connectivity index (χ3v) is 6.44. The molecule has 1 atom stereocenters. The Morgan fingerprint density at radius 3 is 2.38 bits per heavy atom. The molecule has 2 N–H and O–H groups in total. The van der Waals surface area contributed by atoms with Crippen molar-refractivity contribution >= 4 is 37.7 Å². The highest BCUT2D eigenvalue weighted by molar-refractivity contribution is 9.10. The molecule has 2 rings (SSSR count). The monoisotopic (exact) mass is 486 g/mol. The fourth-order valence-electron chi connectivity index (χ4n) is 2.91. The maximum atomic E-state index is 12.4. The SMILES string of the molecule is CCn1c(C)cc(C(=O)COC(=O)C(CO)NS(=O)(=O)c2ccc(Br)cc2)c1C. The maximum Gasteiger partial charge on any atom is 0.327 e. The van der Waals surface area contributed by atoms with E-state index in [0.29, 0.717) is 16.6 Å². The van der Waals surface area contributed by atoms with Crippen LogP contribution in [0.2, 0.25) is 0 Å². The van der Waals surface area contributed by atoms with E-state index in [1.54, 1.807) is 13.0 Å². The Bertz CT molecular complexity index is 998. The lowest BCUT2D eigenvalue weighted by molar-refractivity contribution is -0.145. The molecule has 2 aromatic rings. The van der Waals surface area contributed by atoms with Gasteiger partial charge in [0.1, 0.15) is 6.04 Å². The van der Waals surface area contributed by atoms with E-state index in [4.69, 9.17) is 4.74 Å². The lowest BCUT2D eigenvalue weighted by atomic mass is 10.1. The van der Waals surface area contributed by atoms with Crippen LogP contribution < -0.4 is 4.72 Å². The number of hydrogen-bond acceptors (Lipinski definition) is 6. The lowest BCUT2D eigenvalue weighted by Crippen LogP contribution is -2.44. The maximum absolute atomic E-state index is 12.4. The molecule has 29 heavy (non-hydrogen) atoms. The largest absolute Gasteiger partial charge is 0.456 e. The van der Waals surface area contributed by atoms with Crippen molar-refractivity contribution in [1.82, 2.24) is 9.29 Å². The van der Waals surface area contributed by atoms with Crippen LogP contribution >= 0.6 is 15.9 Å². The number of aliphatic hydroxyl groups is 1. The summed E-state index contributed by atoms with van der Waals surface area (Å²) < 4.78 is 34.5. The number of rotatable bonds is 9. The van der Waals surface area contributed by atoms with Crippen LogP contribution in [0.1, 0.15) is 28.7 Å². The van der Waals surface area contributed by atoms with Gasteiger partial charge in [0, 0.05) is 28.0 Å². The first-order valence-corrected chi connectivity index (χ1v) is 11.1. The zero-order chi connectivity index (χ0) is 21.8. The van der Waals surface area contributed by atoms with Crippen molar-refractivity contribution in [2.75, 3.05) is 13.2 Å². The standard InChI is InChI=1S/C19H23BrN2O6S/c1-4-22-12(2)9-16(13(22)3)18(24)11-28-19(25)17(10-23)21-29(26,27)15-7-5-14(20)6-8-15/h5-9,17,21,23H,4,10-11H2,1-3H3. The van der Waals surface area contributed by atoms with Gasteiger partial charge in [0.05, 0.1) is 11.5 Å². The van der Waals surface area contributed by atoms with Gasteiger partial charge in [-0.05, 0) is 51.1 Å². The molecule has 0 aliphatic heterocycles. The zero-order valence-electron chi connectivity index (χ0n) is 16.3. The molecule has 0 spiro atoms. The number of nitrogens with one attached hydrogen (secondary N) is 1. The van der Waals surface area contributed by atoms with E-state index in [1.807, 2.05) is 18.4 Å². The molecular formula is C19H23BrN2O6S. The molecule has 0 bridgehead atoms. The van der Waals surface area contributed by atoms with Gasteiger partial charge in [0.15, 0.2) is 6.61 Å². The molecule has 0 fully saturated rings. The first-order valence-electron chi connectivity index (χ1n) is 8.86. The number of halogens is 1. The number of ether oxygens (including phenoxy) is 1. The zero-order valence-corrected chi connectivity index (χ0v) is 18.7. The van der Waals surface area contributed by atoms with Crippen LogP contribution in [0.3, 0.4) is 0 Å². The Labute approximate surface area is 178 Å². The smallest absolute Gasteiger partial charge is 0.327 e. The predicted molar refractivity (Wildman–Crippen MR) is 110 cm³/mol. The van der Waals surface area contributed by atoms with E-state index in [9.17, 15) is 23.1 Å². The van der Waals surface area contributed by atoms with Crippen LogP contribution in [0.15, 0.2) is 39.7 Å². The van der Waals surface area contributed by atoms with Gasteiger partial charge in [-0.3, -0.25) is 9.59 Å². The number of carbonyl (C=O) groups excluding carboxylic acids is 2. The summed E-state index contributed by atoms with van der Waals surface area (Å²) in [5.41, 5.74) is 2.11. The van der Waals surface area contributed by atoms with Crippen molar-refractivity contribution in [3.8, 4) is 0 Å². The minimum Gasteiger partial charge on any atom is -0.456 e. The molecule has 0 saturated heterocycles. The molecule has 0 saturated carbocycles. The topological polar surface area (TPSA) is 115 Å². The quantitative estimate of drug-likeness (QED) is 0.413. The first kappa shape index (κ1) is 23.3. The van der Waals surface area contributed by atoms with Crippen molar-refractivity contribution in [1.29, 1.82) is 0 Å². The number of aryl methyl sites for hydroxylation is 1. The van der Waals surface area contributed by atoms with E-state index >= 15 is 0 Å². The predicted octanol–water partition coefficient (Wildman–Crippen LogP) is 1.95. The summed E-state index contributed by atoms with van der Waals surface area (Å²) in [6.45, 7) is 4.97. The summed E-state index contributed by atoms with van der Waals surface area (Å²) in [6.07, 6.45) is 0. The molecule has 1 aromatic heterocycles. The Kier molecular flexibility index (Phi) is 7.75. The third kappa shape index (κ3) is 5.53. The molecule has 1 unspecified atom stereocenters. The molecular weight excluding hydrogens is 464 g/mol. The average Bonchev–Trinajstić information content (AvgIpc) is 2.97. The molecule has 0 radical (unpaired) electrons. The summed E-state index contributed by atoms with van der Waals surface area (Å²) in [6, 6.07) is 5.95. The van der Waals surface area contributed by atoms with Crippen molar-refractivity contribution in [2.45, 2.75) is 38.3 Å². The summed E-state index contributed by atoms with van der Waals surface area (Å²) >= 11 is 3.21. The van der Waals surface area contributed by atoms with Crippen LogP contribution in [-0.2, 0) is 26.1 Å². The fraction of sp³-hybridized carbons (Fsp3) is 0.368. The van der Waals surface area contributed by atoms with Gasteiger partial charge in [-0.2, -0.15) is 4.72 Å². The summed E-state index contributed by atoms with van der Waals surface area (Å²) in [4.78, 5) is 24.5. The van der Waals surface area contributed by atoms with Crippen LogP contribution in [0.5, 0.6) is 0 Å². The molecule has 0 amide bonds. The second kappa shape index (κ2) is 9.66. The molecule has 1 heterocycles. The van der Waals surface area contributed by atoms with E-state index < -0.39 is 41.0 Å². The molecule has 1 aromatic carbocycles. The van der Waals surface area contributed by atoms with Gasteiger partial charge in [0.2, 0.25) is 15.8 Å². The van der Waals surface area contributed by atoms with Crippen molar-refractivity contribution in [2.24, 2.45) is 0 Å². The number of carbonyl (C=O) groups is 2. The number of aromatic nitrogens is 1. The van der Waals surface area contributed by atoms with Crippen LogP contribution in [0, 0.1) is 13.8 Å². The van der Waals surface area contributed by atoms with Gasteiger partial charge < -0.3 is 14.4 Å². The second-order valence-electron chi connectivity index (χ2n) is 6.37. The van der Waals surface area contributed by atoms with E-state index in [0.717, 1.165) is 11.4 Å². The number of aliphatic hydroxyl groups excluding tert-OH is 1. The number of hydrogen-bond donors (Lipinski definition) is 2. The minimum absolute atomic E-state index is 0.0740. The van der Waals surface area contributed by atoms with E-state index in [-0.39, 0.29) is 4.90 Å². The summed E-state index contributed by atoms with van der Waals surface area (Å²) in [5, 5.41) is 9.43. The highest BCUT2D eigenvalue weighted by Gasteiger charge is 2.27. The Morgan fingerprint density at radius 2 is 1.86 bits per heavy atom. The normalized spacial score (nSPS) is 12.6. The number of nitrogens with zero attached hydrogens (tertiary/aromatic N) is 1. The number of sulfonamides is 1. The second-order valence-corrected chi connectivity index (χ2v) is 9.00. The number of esters is 1. The molecule has 0 aliphatic carbocycles. The van der Waals surface area contributed by atoms with Gasteiger partial charge in [-0.1, -0.05) is 15.9 Å². The van der Waals surface area contributed by atoms with Crippen molar-refractivity contribution < 1.29 is 27.9 Å². The van der Waals surface area contributed by atoms with Gasteiger partial charge in [-0.25, -0.2) is 8.42 Å². The van der Waals surface area contributed by atoms with Crippen LogP contribution in [-0.4, -0.2) is 49.1 Å². The minimum atomic E-state index is -4.06. The number of benzene rings is 1. The molecule has 158 valence electrons. The fourth-order valence-corrected chi connectivity index (χ4v) is 4.35. The highest BCUT2D eigenvalue weighted by atomic mass is 79.9. The van der Waals surface area contributed by atoms with Gasteiger partial charge in [0.25, 0.3) is 0 Å². The number of Topliss-reactive ketones (excluding diaryl/α,β-unsaturated/α-hetero) is 1. The van der Waals surface area contributed by atoms with Crippen molar-refractivity contribution in [3.63, 3.8) is 0 Å². The van der Waals surface area contributed by atoms with Crippen LogP contribution in [0.25, 0.3) is 0 Å². The Balaban J connectivity index is 2.04. The molecule has 8 nitrogen and oxygen atoms in total. The Morgan fingerprint density at radius 1 is 1.24 bits per heavy atom. The summed E-state index contributed by atoms with van der Waals surface area (Å²) in [5.74, 6) is -1.44. The van der Waals surface area contributed by atoms with Gasteiger partial charge >= 0.3 is 5.97 Å².